The van der Waals surface area contributed by atoms with Crippen molar-refractivity contribution in [2.45, 2.75) is 44.6 Å². The van der Waals surface area contributed by atoms with Crippen LogP contribution in [0.3, 0.4) is 0 Å². The summed E-state index contributed by atoms with van der Waals surface area (Å²) in [6.45, 7) is 4.21. The second-order valence-corrected chi connectivity index (χ2v) is 16.8. The molecule has 0 atom stereocenters. The number of amidine groups is 1. The number of carbonyl (C=O) groups is 7. The number of pyridine rings is 5. The van der Waals surface area contributed by atoms with Crippen LogP contribution >= 0.6 is 86.8 Å². The maximum Gasteiger partial charge on any atom is 1.00 e. The number of fused-ring (bicyclic) bond motifs is 2. The minimum Gasteiger partial charge on any atom is -0.478 e. The number of nitrogens with zero attached hydrogens (tertiary/aromatic N) is 5. The Bertz CT molecular complexity index is 2740. The van der Waals surface area contributed by atoms with Crippen LogP contribution in [-0.2, 0) is 42.7 Å². The zero-order valence-corrected chi connectivity index (χ0v) is 57.5. The van der Waals surface area contributed by atoms with Crippen LogP contribution in [0.2, 0.25) is 0 Å². The number of thiocarbonyl (C=S) groups is 1. The van der Waals surface area contributed by atoms with Crippen molar-refractivity contribution in [2.75, 3.05) is 67.1 Å². The fourth-order valence-corrected chi connectivity index (χ4v) is 6.19. The summed E-state index contributed by atoms with van der Waals surface area (Å²) < 4.78 is 29.3. The summed E-state index contributed by atoms with van der Waals surface area (Å²) in [6.07, 6.45) is 12.6. The first-order valence-electron chi connectivity index (χ1n) is 24.6. The molecule has 4 aliphatic rings. The number of hydrogen-bond acceptors (Lipinski definition) is 23. The number of esters is 4. The Kier molecular flexibility index (Phi) is 62.9. The molecule has 0 spiro atoms. The molecule has 473 valence electrons. The molecule has 0 unspecified atom stereocenters. The molecular weight excluding hydrogens is 1410 g/mol. The zero-order chi connectivity index (χ0) is 65.0. The van der Waals surface area contributed by atoms with Gasteiger partial charge in [-0.05, 0) is 93.0 Å². The molecule has 2 fully saturated rings. The molecule has 5 aromatic rings. The molecule has 14 N–H and O–H groups in total. The molecule has 35 heteroatoms. The number of ether oxygens (including phenoxy) is 5. The normalized spacial score (nSPS) is 11.5. The number of methoxy groups -OCH3 is 1. The summed E-state index contributed by atoms with van der Waals surface area (Å²) in [5.74, 6) is -3.56. The number of cyclic esters (lactones) is 3. The number of hydrogen-bond donors (Lipinski definition) is 10. The van der Waals surface area contributed by atoms with Crippen LogP contribution in [-0.4, -0.2) is 168 Å². The summed E-state index contributed by atoms with van der Waals surface area (Å²) in [5.41, 5.74) is 22.3. The molecule has 5 aromatic heterocycles. The number of carboxylic acids is 1. The predicted octanol–water partition coefficient (Wildman–Crippen LogP) is 2.01. The molecule has 0 bridgehead atoms. The molecule has 2 amide bonds. The number of halogens is 4. The Morgan fingerprint density at radius 2 is 1.16 bits per heavy atom. The summed E-state index contributed by atoms with van der Waals surface area (Å²) >= 11 is 16.6. The van der Waals surface area contributed by atoms with Crippen molar-refractivity contribution < 1.29 is 103 Å². The van der Waals surface area contributed by atoms with Crippen LogP contribution < -0.4 is 63.1 Å². The Morgan fingerprint density at radius 1 is 0.759 bits per heavy atom. The van der Waals surface area contributed by atoms with Gasteiger partial charge >= 0.3 is 59.4 Å². The van der Waals surface area contributed by atoms with Crippen molar-refractivity contribution in [1.82, 2.24) is 35.6 Å². The third-order valence-electron chi connectivity index (χ3n) is 9.14. The van der Waals surface area contributed by atoms with Crippen LogP contribution in [0.25, 0.3) is 0 Å². The average Bonchev–Trinajstić information content (AvgIpc) is 4.56. The number of carboxylic acid groups (broad SMARTS) is 1. The molecule has 9 rings (SSSR count). The van der Waals surface area contributed by atoms with E-state index in [1.54, 1.807) is 55.8 Å². The first-order valence-corrected chi connectivity index (χ1v) is 27.7. The van der Waals surface area contributed by atoms with E-state index < -0.39 is 23.9 Å². The van der Waals surface area contributed by atoms with Gasteiger partial charge in [-0.3, -0.25) is 29.9 Å². The van der Waals surface area contributed by atoms with Crippen LogP contribution in [0.15, 0.2) is 91.6 Å². The van der Waals surface area contributed by atoms with Gasteiger partial charge in [0.2, 0.25) is 0 Å². The fourth-order valence-electron chi connectivity index (χ4n) is 5.65. The van der Waals surface area contributed by atoms with Crippen molar-refractivity contribution in [2.24, 2.45) is 22.9 Å². The molecule has 0 saturated carbocycles. The van der Waals surface area contributed by atoms with Gasteiger partial charge in [-0.15, -0.1) is 40.2 Å². The zero-order valence-electron chi connectivity index (χ0n) is 49.4. The largest absolute Gasteiger partial charge is 1.00 e. The van der Waals surface area contributed by atoms with Gasteiger partial charge in [0.25, 0.3) is 11.8 Å². The smallest absolute Gasteiger partial charge is 0.478 e. The third kappa shape index (κ3) is 41.3. The number of aliphatic hydroxyl groups is 2. The molecule has 4 aliphatic heterocycles. The molecule has 3 radical (unpaired) electrons. The van der Waals surface area contributed by atoms with Crippen LogP contribution in [0.1, 0.15) is 117 Å². The fraction of sp³-hybridized carbons (Fsp3) is 0.327. The van der Waals surface area contributed by atoms with E-state index in [9.17, 15) is 33.6 Å². The van der Waals surface area contributed by atoms with Gasteiger partial charge in [0.05, 0.1) is 30.2 Å². The number of thioether (sulfide) groups is 1. The summed E-state index contributed by atoms with van der Waals surface area (Å²) in [4.78, 5) is 96.7. The van der Waals surface area contributed by atoms with E-state index in [1.807, 2.05) is 28.7 Å². The van der Waals surface area contributed by atoms with Crippen molar-refractivity contribution in [3.05, 3.63) is 153 Å². The molecular formula is C52H71BBrCl2IN12NaO15S2. The summed E-state index contributed by atoms with van der Waals surface area (Å²) in [5, 5.41) is 36.8. The topological polar surface area (TPSA) is 443 Å². The Hall–Kier alpha value is -5.60. The standard InChI is InChI=1S/C9H12N4OS.C8H10N2O2.C8H7NO4.C7H3NO3.C7H5NO2.2C4H8O.CH2Cl2.CH2I.CH4N2S.CH5N.CH4O.B.BrH.Na/c1-12-8(14)7-6(3-2-4-13-7)5-15-9(10)11;1-9-8(12)7-6(5-11)3-2-4-10-7;1-13-8(12)6-5(7(10)11)3-2-4-9-6;9-6-4-2-1-3-8-5(4)7(10)11-6;9-7-6-5(4-10-7)2-1-3-8-6;2*1-2-4-5-3-1;2-1-3;1-2;2-1(3)4;2*1-2;;;/h2-4H,5H2,1H3,(H3,10,11)(H,12,14);2-4,11H,5H2,1H3,(H,9,12);2-4H,1H3,(H,10,11);1-3H;1-3H,4H2;2*1-4H2;1H2;1H2;(H4,2,3,4);2H2,1H3;2H,1H3;;1H;/q;;;;;;;;-1;;;;;;+1/i;;;;;;;;1D;;;;;;. The maximum atomic E-state index is 11.4. The summed E-state index contributed by atoms with van der Waals surface area (Å²) in [7, 11) is 6.75. The number of alkyl halides is 2. The van der Waals surface area contributed by atoms with Gasteiger partial charge in [0, 0.05) is 104 Å². The van der Waals surface area contributed by atoms with Crippen molar-refractivity contribution in [3.63, 3.8) is 0 Å². The number of amides is 2. The summed E-state index contributed by atoms with van der Waals surface area (Å²) in [6, 6.07) is 16.4. The van der Waals surface area contributed by atoms with Crippen LogP contribution in [0.5, 0.6) is 0 Å². The minimum atomic E-state index is -1.20. The van der Waals surface area contributed by atoms with Crippen molar-refractivity contribution in [3.8, 4) is 0 Å². The van der Waals surface area contributed by atoms with Crippen LogP contribution in [0.4, 0.5) is 0 Å². The maximum absolute atomic E-state index is 11.4. The van der Waals surface area contributed by atoms with E-state index in [0.717, 1.165) is 44.7 Å². The Labute approximate surface area is 574 Å². The SMILES string of the molecule is Br.C1CCOC1.C1CCOC1.CN.CNC(=O)c1ncccc1CO.CNC(=O)c1ncccc1CSC(=N)N.CO.COC(=O)c1ncccc1C(=O)O.ClCCl.NC(N)=S.O=C1OC(=O)c2ncccc21.O=C1OCc2cccnc21.[2H][CH-]I.[B].[Na+]. The van der Waals surface area contributed by atoms with Gasteiger partial charge in [0.15, 0.2) is 27.4 Å². The molecule has 9 heterocycles. The number of aliphatic hydroxyl groups excluding tert-OH is 2. The van der Waals surface area contributed by atoms with Crippen LogP contribution in [0, 0.1) is 10.3 Å². The van der Waals surface area contributed by atoms with E-state index in [4.69, 9.17) is 65.2 Å². The second-order valence-electron chi connectivity index (χ2n) is 14.5. The van der Waals surface area contributed by atoms with E-state index in [2.05, 4.69) is 74.4 Å². The third-order valence-corrected chi connectivity index (χ3v) is 9.91. The molecule has 2 saturated heterocycles. The van der Waals surface area contributed by atoms with Gasteiger partial charge in [-0.25, -0.2) is 38.9 Å². The minimum absolute atomic E-state index is 0. The quantitative estimate of drug-likeness (QED) is 0.0106. The van der Waals surface area contributed by atoms with Crippen molar-refractivity contribution in [1.29, 1.82) is 5.41 Å². The molecule has 87 heavy (non-hydrogen) atoms. The number of aromatic nitrogens is 5. The average molecular weight is 1480 g/mol. The predicted molar refractivity (Wildman–Crippen MR) is 346 cm³/mol. The van der Waals surface area contributed by atoms with E-state index in [-0.39, 0.29) is 123 Å². The number of carbonyl (C=O) groups excluding carboxylic acids is 6. The second kappa shape index (κ2) is 60.7. The number of rotatable bonds is 7. The number of aromatic carboxylic acids is 1. The number of nitrogens with one attached hydrogen (secondary N) is 3. The van der Waals surface area contributed by atoms with Gasteiger partial charge in [-0.2, -0.15) is 1.37 Å². The molecule has 0 aromatic carbocycles. The first kappa shape index (κ1) is 90.2. The van der Waals surface area contributed by atoms with E-state index in [1.165, 1.54) is 100 Å². The Balaban J connectivity index is -0.000000217. The van der Waals surface area contributed by atoms with E-state index in [0.29, 0.717) is 29.3 Å². The van der Waals surface area contributed by atoms with E-state index >= 15 is 0 Å². The van der Waals surface area contributed by atoms with Crippen molar-refractivity contribution >= 4 is 147 Å². The first-order chi connectivity index (χ1) is 40.8. The monoisotopic (exact) mass is 1480 g/mol. The van der Waals surface area contributed by atoms with Gasteiger partial charge in [-0.1, -0.05) is 30.0 Å². The number of nitrogens with two attached hydrogens (primary N) is 4. The van der Waals surface area contributed by atoms with Gasteiger partial charge < -0.3 is 95.2 Å². The molecule has 0 aliphatic carbocycles. The van der Waals surface area contributed by atoms with Gasteiger partial charge in [0.1, 0.15) is 18.0 Å². The Morgan fingerprint density at radius 3 is 1.55 bits per heavy atom. The molecule has 27 nitrogen and oxygen atoms in total.